The van der Waals surface area contributed by atoms with E-state index in [9.17, 15) is 4.79 Å². The number of aliphatic hydroxyl groups is 1. The van der Waals surface area contributed by atoms with Gasteiger partial charge in [0.15, 0.2) is 0 Å². The highest BCUT2D eigenvalue weighted by molar-refractivity contribution is 7.99. The highest BCUT2D eigenvalue weighted by Gasteiger charge is 2.04. The minimum Gasteiger partial charge on any atom is -0.495 e. The molecule has 0 unspecified atom stereocenters. The van der Waals surface area contributed by atoms with Crippen molar-refractivity contribution in [3.8, 4) is 17.6 Å². The van der Waals surface area contributed by atoms with Gasteiger partial charge in [0.1, 0.15) is 5.75 Å². The fourth-order valence-electron chi connectivity index (χ4n) is 1.47. The molecule has 0 atom stereocenters. The Bertz CT molecular complexity index is 502. The summed E-state index contributed by atoms with van der Waals surface area (Å²) in [5, 5.41) is 8.74. The number of hydrogen-bond acceptors (Lipinski definition) is 5. The normalized spacial score (nSPS) is 9.55. The van der Waals surface area contributed by atoms with Gasteiger partial charge in [-0.05, 0) is 17.7 Å². The number of ether oxygens (including phenoxy) is 2. The molecule has 0 aromatic heterocycles. The molecular formula is C15H18O4S. The minimum atomic E-state index is -0.230. The van der Waals surface area contributed by atoms with Gasteiger partial charge in [-0.25, -0.2) is 0 Å². The monoisotopic (exact) mass is 294 g/mol. The maximum atomic E-state index is 11.0. The van der Waals surface area contributed by atoms with E-state index in [1.165, 1.54) is 18.9 Å². The predicted octanol–water partition coefficient (Wildman–Crippen LogP) is 1.84. The van der Waals surface area contributed by atoms with Gasteiger partial charge in [-0.1, -0.05) is 17.9 Å². The Balaban J connectivity index is 2.72. The molecule has 1 rings (SSSR count). The molecule has 0 bridgehead atoms. The van der Waals surface area contributed by atoms with Crippen LogP contribution in [0, 0.1) is 11.8 Å². The molecule has 108 valence electrons. The Morgan fingerprint density at radius 2 is 2.20 bits per heavy atom. The Labute approximate surface area is 123 Å². The fourth-order valence-corrected chi connectivity index (χ4v) is 2.27. The summed E-state index contributed by atoms with van der Waals surface area (Å²) in [5.74, 6) is 7.36. The Morgan fingerprint density at radius 3 is 2.85 bits per heavy atom. The van der Waals surface area contributed by atoms with Crippen molar-refractivity contribution in [2.45, 2.75) is 12.2 Å². The van der Waals surface area contributed by atoms with Crippen LogP contribution < -0.4 is 4.74 Å². The van der Waals surface area contributed by atoms with Crippen LogP contribution >= 0.6 is 11.8 Å². The molecule has 5 heteroatoms. The zero-order valence-electron chi connectivity index (χ0n) is 11.6. The number of carbonyl (C=O) groups excluding carboxylic acids is 1. The Kier molecular flexibility index (Phi) is 7.63. The summed E-state index contributed by atoms with van der Waals surface area (Å²) in [4.78, 5) is 11.0. The summed E-state index contributed by atoms with van der Waals surface area (Å²) in [6, 6.07) is 5.74. The quantitative estimate of drug-likeness (QED) is 0.641. The van der Waals surface area contributed by atoms with Crippen LogP contribution in [-0.4, -0.2) is 37.7 Å². The number of esters is 1. The first kappa shape index (κ1) is 16.4. The van der Waals surface area contributed by atoms with Gasteiger partial charge in [-0.2, -0.15) is 0 Å². The number of methoxy groups -OCH3 is 2. The first-order valence-electron chi connectivity index (χ1n) is 6.12. The van der Waals surface area contributed by atoms with Crippen LogP contribution in [0.25, 0.3) is 0 Å². The van der Waals surface area contributed by atoms with Gasteiger partial charge < -0.3 is 14.6 Å². The molecule has 0 aliphatic rings. The van der Waals surface area contributed by atoms with Crippen molar-refractivity contribution < 1.29 is 19.4 Å². The molecule has 0 saturated heterocycles. The smallest absolute Gasteiger partial charge is 0.315 e. The van der Waals surface area contributed by atoms with E-state index in [1.54, 1.807) is 7.11 Å². The van der Waals surface area contributed by atoms with Gasteiger partial charge in [0.2, 0.25) is 0 Å². The van der Waals surface area contributed by atoms with E-state index < -0.39 is 0 Å². The van der Waals surface area contributed by atoms with Gasteiger partial charge in [-0.15, -0.1) is 11.8 Å². The van der Waals surface area contributed by atoms with E-state index in [2.05, 4.69) is 16.6 Å². The highest BCUT2D eigenvalue weighted by atomic mass is 32.2. The topological polar surface area (TPSA) is 55.8 Å². The highest BCUT2D eigenvalue weighted by Crippen LogP contribution is 2.21. The standard InChI is InChI=1S/C15H18O4S/c1-18-14-7-6-12(10-20-11-15(17)19-2)9-13(14)5-3-4-8-16/h6-7,9,16H,4,8,10-11H2,1-2H3. The van der Waals surface area contributed by atoms with Gasteiger partial charge in [0.25, 0.3) is 0 Å². The van der Waals surface area contributed by atoms with Crippen molar-refractivity contribution in [1.82, 2.24) is 0 Å². The molecule has 0 fully saturated rings. The van der Waals surface area contributed by atoms with Crippen molar-refractivity contribution >= 4 is 17.7 Å². The summed E-state index contributed by atoms with van der Waals surface area (Å²) in [7, 11) is 2.98. The maximum Gasteiger partial charge on any atom is 0.315 e. The Hall–Kier alpha value is -1.64. The lowest BCUT2D eigenvalue weighted by Crippen LogP contribution is -2.03. The van der Waals surface area contributed by atoms with Crippen LogP contribution in [0.4, 0.5) is 0 Å². The minimum absolute atomic E-state index is 0.0456. The van der Waals surface area contributed by atoms with Crippen molar-refractivity contribution in [1.29, 1.82) is 0 Å². The largest absolute Gasteiger partial charge is 0.495 e. The third-order valence-electron chi connectivity index (χ3n) is 2.44. The molecule has 0 saturated carbocycles. The van der Waals surface area contributed by atoms with E-state index in [0.29, 0.717) is 23.7 Å². The Morgan fingerprint density at radius 1 is 1.40 bits per heavy atom. The second-order valence-electron chi connectivity index (χ2n) is 3.88. The molecule has 4 nitrogen and oxygen atoms in total. The summed E-state index contributed by atoms with van der Waals surface area (Å²) in [6.45, 7) is 0.0456. The first-order valence-corrected chi connectivity index (χ1v) is 7.28. The van der Waals surface area contributed by atoms with Crippen LogP contribution in [-0.2, 0) is 15.3 Å². The van der Waals surface area contributed by atoms with Crippen molar-refractivity contribution in [3.05, 3.63) is 29.3 Å². The average Bonchev–Trinajstić information content (AvgIpc) is 2.47. The zero-order valence-corrected chi connectivity index (χ0v) is 12.5. The number of carbonyl (C=O) groups is 1. The molecule has 0 aliphatic carbocycles. The van der Waals surface area contributed by atoms with Gasteiger partial charge in [0.05, 0.1) is 32.1 Å². The third-order valence-corrected chi connectivity index (χ3v) is 3.42. The van der Waals surface area contributed by atoms with Crippen LogP contribution in [0.3, 0.4) is 0 Å². The number of benzene rings is 1. The van der Waals surface area contributed by atoms with Crippen LogP contribution in [0.5, 0.6) is 5.75 Å². The van der Waals surface area contributed by atoms with Crippen LogP contribution in [0.1, 0.15) is 17.5 Å². The molecule has 1 aromatic rings. The van der Waals surface area contributed by atoms with Gasteiger partial charge in [-0.3, -0.25) is 4.79 Å². The van der Waals surface area contributed by atoms with E-state index in [0.717, 1.165) is 11.1 Å². The molecule has 1 N–H and O–H groups in total. The summed E-state index contributed by atoms with van der Waals surface area (Å²) in [5.41, 5.74) is 1.85. The van der Waals surface area contributed by atoms with Crippen molar-refractivity contribution in [2.75, 3.05) is 26.6 Å². The van der Waals surface area contributed by atoms with Gasteiger partial charge >= 0.3 is 5.97 Å². The fraction of sp³-hybridized carbons (Fsp3) is 0.400. The average molecular weight is 294 g/mol. The summed E-state index contributed by atoms with van der Waals surface area (Å²) < 4.78 is 9.83. The van der Waals surface area contributed by atoms with E-state index in [-0.39, 0.29) is 12.6 Å². The molecule has 1 aromatic carbocycles. The number of aliphatic hydroxyl groups excluding tert-OH is 1. The molecule has 0 aliphatic heterocycles. The first-order chi connectivity index (χ1) is 9.71. The lowest BCUT2D eigenvalue weighted by atomic mass is 10.1. The lowest BCUT2D eigenvalue weighted by molar-refractivity contribution is -0.137. The molecule has 0 amide bonds. The van der Waals surface area contributed by atoms with E-state index in [4.69, 9.17) is 9.84 Å². The molecule has 0 heterocycles. The van der Waals surface area contributed by atoms with Crippen LogP contribution in [0.15, 0.2) is 18.2 Å². The maximum absolute atomic E-state index is 11.0. The number of hydrogen-bond donors (Lipinski definition) is 1. The number of thioether (sulfide) groups is 1. The molecule has 0 radical (unpaired) electrons. The van der Waals surface area contributed by atoms with Crippen molar-refractivity contribution in [3.63, 3.8) is 0 Å². The third kappa shape index (κ3) is 5.55. The van der Waals surface area contributed by atoms with E-state index in [1.807, 2.05) is 18.2 Å². The summed E-state index contributed by atoms with van der Waals surface area (Å²) >= 11 is 1.49. The number of rotatable bonds is 6. The van der Waals surface area contributed by atoms with Crippen LogP contribution in [0.2, 0.25) is 0 Å². The van der Waals surface area contributed by atoms with E-state index >= 15 is 0 Å². The second-order valence-corrected chi connectivity index (χ2v) is 4.86. The summed E-state index contributed by atoms with van der Waals surface area (Å²) in [6.07, 6.45) is 0.435. The molecule has 0 spiro atoms. The van der Waals surface area contributed by atoms with Gasteiger partial charge in [0, 0.05) is 12.2 Å². The van der Waals surface area contributed by atoms with Crippen molar-refractivity contribution in [2.24, 2.45) is 0 Å². The predicted molar refractivity (Wildman–Crippen MR) is 79.8 cm³/mol. The lowest BCUT2D eigenvalue weighted by Gasteiger charge is -2.06. The molecule has 20 heavy (non-hydrogen) atoms. The molecular weight excluding hydrogens is 276 g/mol. The second kappa shape index (κ2) is 9.29. The zero-order chi connectivity index (χ0) is 14.8. The SMILES string of the molecule is COC(=O)CSCc1ccc(OC)c(C#CCCO)c1.